The summed E-state index contributed by atoms with van der Waals surface area (Å²) in [7, 11) is 0. The van der Waals surface area contributed by atoms with Gasteiger partial charge in [0.2, 0.25) is 0 Å². The van der Waals surface area contributed by atoms with Gasteiger partial charge in [0.1, 0.15) is 0 Å². The Kier molecular flexibility index (Phi) is 2.69. The third-order valence-corrected chi connectivity index (χ3v) is 2.55. The molecule has 0 fully saturated rings. The second-order valence-corrected chi connectivity index (χ2v) is 3.67. The molecule has 0 saturated heterocycles. The first-order valence-corrected chi connectivity index (χ1v) is 4.92. The summed E-state index contributed by atoms with van der Waals surface area (Å²) in [4.78, 5) is 8.44. The summed E-state index contributed by atoms with van der Waals surface area (Å²) in [5, 5.41) is 0. The van der Waals surface area contributed by atoms with E-state index >= 15 is 0 Å². The molecule has 3 heteroatoms. The molecule has 0 amide bonds. The molecule has 2 nitrogen and oxygen atoms in total. The second-order valence-electron chi connectivity index (χ2n) is 2.34. The van der Waals surface area contributed by atoms with E-state index in [1.807, 2.05) is 36.4 Å². The van der Waals surface area contributed by atoms with Crippen LogP contribution in [0.25, 0.3) is 0 Å². The van der Waals surface area contributed by atoms with Gasteiger partial charge in [-0.25, -0.2) is 0 Å². The van der Waals surface area contributed by atoms with Gasteiger partial charge in [-0.3, -0.25) is 0 Å². The summed E-state index contributed by atoms with van der Waals surface area (Å²) >= 11 is 1.09. The van der Waals surface area contributed by atoms with Gasteiger partial charge >= 0.3 is 82.7 Å². The van der Waals surface area contributed by atoms with Crippen LogP contribution in [0, 0.1) is 0 Å². The zero-order valence-electron chi connectivity index (χ0n) is 6.85. The number of pyridine rings is 2. The average molecular weight is 215 g/mol. The van der Waals surface area contributed by atoms with Crippen LogP contribution in [-0.2, 0) is 14.7 Å². The van der Waals surface area contributed by atoms with Crippen LogP contribution in [0.5, 0.6) is 0 Å². The third kappa shape index (κ3) is 2.37. The summed E-state index contributed by atoms with van der Waals surface area (Å²) in [6.07, 6.45) is 3.59. The predicted octanol–water partition coefficient (Wildman–Crippen LogP) is 0.510. The molecule has 13 heavy (non-hydrogen) atoms. The van der Waals surface area contributed by atoms with Gasteiger partial charge in [0.05, 0.1) is 0 Å². The van der Waals surface area contributed by atoms with E-state index in [9.17, 15) is 0 Å². The van der Waals surface area contributed by atoms with Crippen molar-refractivity contribution in [2.24, 2.45) is 0 Å². The monoisotopic (exact) mass is 215 g/mol. The van der Waals surface area contributed by atoms with Gasteiger partial charge in [-0.05, 0) is 0 Å². The first-order valence-electron chi connectivity index (χ1n) is 3.87. The molecule has 0 spiro atoms. The Morgan fingerprint density at radius 2 is 1.31 bits per heavy atom. The minimum atomic E-state index is 1.03. The van der Waals surface area contributed by atoms with Crippen LogP contribution >= 0.6 is 0 Å². The molecule has 0 aliphatic carbocycles. The number of nitrogens with zero attached hydrogens (tertiary/aromatic N) is 2. The Balaban J connectivity index is 2.16. The molecule has 0 aromatic carbocycles. The van der Waals surface area contributed by atoms with Crippen molar-refractivity contribution in [1.29, 1.82) is 0 Å². The van der Waals surface area contributed by atoms with E-state index in [0.717, 1.165) is 24.0 Å². The van der Waals surface area contributed by atoms with Gasteiger partial charge in [-0.2, -0.15) is 0 Å². The first kappa shape index (κ1) is 8.41. The fourth-order valence-corrected chi connectivity index (χ4v) is 1.79. The topological polar surface area (TPSA) is 25.8 Å². The molecule has 67 valence electrons. The summed E-state index contributed by atoms with van der Waals surface area (Å²) in [6.45, 7) is 0. The zero-order valence-corrected chi connectivity index (χ0v) is 7.89. The Labute approximate surface area is 83.0 Å². The second kappa shape index (κ2) is 4.16. The average Bonchev–Trinajstić information content (AvgIpc) is 2.21. The molecular weight excluding hydrogens is 207 g/mol. The van der Waals surface area contributed by atoms with Crippen LogP contribution in [-0.4, -0.2) is 9.97 Å². The van der Waals surface area contributed by atoms with Crippen molar-refractivity contribution in [3.8, 4) is 0 Å². The summed E-state index contributed by atoms with van der Waals surface area (Å²) in [5.41, 5.74) is 0. The van der Waals surface area contributed by atoms with E-state index in [-0.39, 0.29) is 0 Å². The van der Waals surface area contributed by atoms with E-state index in [2.05, 4.69) is 9.97 Å². The van der Waals surface area contributed by atoms with Gasteiger partial charge < -0.3 is 0 Å². The van der Waals surface area contributed by atoms with Crippen LogP contribution in [0.3, 0.4) is 0 Å². The van der Waals surface area contributed by atoms with E-state index < -0.39 is 0 Å². The number of aromatic nitrogens is 2. The quantitative estimate of drug-likeness (QED) is 0.729. The number of hydrogen-bond acceptors (Lipinski definition) is 2. The van der Waals surface area contributed by atoms with Crippen molar-refractivity contribution in [3.63, 3.8) is 0 Å². The van der Waals surface area contributed by atoms with Crippen molar-refractivity contribution in [1.82, 2.24) is 9.97 Å². The van der Waals surface area contributed by atoms with Crippen LogP contribution in [0.15, 0.2) is 48.8 Å². The van der Waals surface area contributed by atoms with E-state index in [1.165, 1.54) is 0 Å². The third-order valence-electron chi connectivity index (χ3n) is 1.40. The molecule has 2 rings (SSSR count). The SMILES string of the molecule is c1cc[c]([Co][c]2ccccn2)nc1. The minimum absolute atomic E-state index is 1.03. The predicted molar refractivity (Wildman–Crippen MR) is 47.7 cm³/mol. The Bertz CT molecular complexity index is 324. The van der Waals surface area contributed by atoms with Crippen LogP contribution in [0.4, 0.5) is 0 Å². The Morgan fingerprint density at radius 3 is 1.69 bits per heavy atom. The standard InChI is InChI=1S/2C5H4N.Co/c2*1-2-4-6-5-3-1;/h2*1-4H;. The molecule has 2 heterocycles. The number of rotatable bonds is 2. The maximum atomic E-state index is 4.22. The molecule has 2 aromatic heterocycles. The first-order chi connectivity index (χ1) is 6.45. The molecule has 0 atom stereocenters. The van der Waals surface area contributed by atoms with Crippen molar-refractivity contribution in [2.75, 3.05) is 0 Å². The van der Waals surface area contributed by atoms with Gasteiger partial charge in [0.15, 0.2) is 0 Å². The normalized spacial score (nSPS) is 10.2. The van der Waals surface area contributed by atoms with Gasteiger partial charge in [0.25, 0.3) is 0 Å². The molecule has 0 bridgehead atoms. The van der Waals surface area contributed by atoms with Crippen molar-refractivity contribution in [3.05, 3.63) is 48.8 Å². The molecule has 2 aromatic rings. The fraction of sp³-hybridized carbons (Fsp3) is 0. The maximum absolute atomic E-state index is 4.22. The summed E-state index contributed by atoms with van der Waals surface area (Å²) < 4.78 is 2.05. The molecule has 0 radical (unpaired) electrons. The van der Waals surface area contributed by atoms with Gasteiger partial charge in [0, 0.05) is 0 Å². The molecular formula is C10H8CoN2. The summed E-state index contributed by atoms with van der Waals surface area (Å²) in [6, 6.07) is 11.8. The zero-order chi connectivity index (χ0) is 8.93. The van der Waals surface area contributed by atoms with E-state index in [1.54, 1.807) is 12.4 Å². The van der Waals surface area contributed by atoms with Gasteiger partial charge in [-0.1, -0.05) is 0 Å². The van der Waals surface area contributed by atoms with Crippen LogP contribution < -0.4 is 9.26 Å². The van der Waals surface area contributed by atoms with Crippen molar-refractivity contribution < 1.29 is 14.7 Å². The molecule has 0 N–H and O–H groups in total. The van der Waals surface area contributed by atoms with E-state index in [4.69, 9.17) is 0 Å². The van der Waals surface area contributed by atoms with Crippen LogP contribution in [0.2, 0.25) is 0 Å². The molecule has 0 aliphatic rings. The van der Waals surface area contributed by atoms with E-state index in [0.29, 0.717) is 0 Å². The Hall–Kier alpha value is -1.19. The molecule has 0 unspecified atom stereocenters. The van der Waals surface area contributed by atoms with Crippen molar-refractivity contribution >= 4 is 9.26 Å². The van der Waals surface area contributed by atoms with Gasteiger partial charge in [-0.15, -0.1) is 0 Å². The molecule has 0 aliphatic heterocycles. The molecule has 0 saturated carbocycles. The van der Waals surface area contributed by atoms with Crippen LogP contribution in [0.1, 0.15) is 0 Å². The summed E-state index contributed by atoms with van der Waals surface area (Å²) in [5.74, 6) is 0. The fourth-order valence-electron chi connectivity index (χ4n) is 0.855. The Morgan fingerprint density at radius 1 is 0.769 bits per heavy atom. The number of hydrogen-bond donors (Lipinski definition) is 0. The van der Waals surface area contributed by atoms with Crippen molar-refractivity contribution in [2.45, 2.75) is 0 Å².